The maximum atomic E-state index is 13.9. The summed E-state index contributed by atoms with van der Waals surface area (Å²) in [5.74, 6) is 1.19. The lowest BCUT2D eigenvalue weighted by Gasteiger charge is -2.42. The van der Waals surface area contributed by atoms with Crippen LogP contribution in [0, 0.1) is 0 Å². The van der Waals surface area contributed by atoms with Crippen LogP contribution in [0.1, 0.15) is 38.7 Å². The Morgan fingerprint density at radius 3 is 2.45 bits per heavy atom. The largest absolute Gasteiger partial charge is 0.384 e. The van der Waals surface area contributed by atoms with Crippen molar-refractivity contribution in [3.8, 4) is 11.4 Å². The highest BCUT2D eigenvalue weighted by atomic mass is 19.3. The first-order valence-corrected chi connectivity index (χ1v) is 11.5. The summed E-state index contributed by atoms with van der Waals surface area (Å²) < 4.78 is 33.4. The van der Waals surface area contributed by atoms with Gasteiger partial charge in [0, 0.05) is 56.1 Å². The van der Waals surface area contributed by atoms with E-state index in [1.807, 2.05) is 0 Å². The number of rotatable bonds is 5. The average Bonchev–Trinajstić information content (AvgIpc) is 3.64. The van der Waals surface area contributed by atoms with E-state index >= 15 is 0 Å². The molecule has 1 saturated carbocycles. The molecule has 5 rings (SSSR count). The van der Waals surface area contributed by atoms with Crippen LogP contribution >= 0.6 is 0 Å². The summed E-state index contributed by atoms with van der Waals surface area (Å²) in [6, 6.07) is 1.90. The Morgan fingerprint density at radius 1 is 1.06 bits per heavy atom. The highest BCUT2D eigenvalue weighted by molar-refractivity contribution is 5.64. The SMILES string of the molecule is CC1(C)COCCN1c1nc(-c2cnc(N)cc2C(F)F)nc(N2CCN(C3CC3)CC2)n1. The molecule has 0 bridgehead atoms. The molecule has 9 nitrogen and oxygen atoms in total. The first-order chi connectivity index (χ1) is 15.8. The molecule has 0 aromatic carbocycles. The summed E-state index contributed by atoms with van der Waals surface area (Å²) in [6.45, 7) is 9.23. The van der Waals surface area contributed by atoms with Gasteiger partial charge in [-0.15, -0.1) is 0 Å². The van der Waals surface area contributed by atoms with Crippen LogP contribution < -0.4 is 15.5 Å². The van der Waals surface area contributed by atoms with E-state index in [-0.39, 0.29) is 28.3 Å². The van der Waals surface area contributed by atoms with Crippen LogP contribution in [0.2, 0.25) is 0 Å². The number of pyridine rings is 1. The molecule has 33 heavy (non-hydrogen) atoms. The summed E-state index contributed by atoms with van der Waals surface area (Å²) >= 11 is 0. The van der Waals surface area contributed by atoms with Crippen LogP contribution in [-0.2, 0) is 4.74 Å². The number of aromatic nitrogens is 4. The van der Waals surface area contributed by atoms with Crippen LogP contribution in [0.25, 0.3) is 11.4 Å². The molecular formula is C22H30F2N8O. The Balaban J connectivity index is 1.55. The smallest absolute Gasteiger partial charge is 0.264 e. The van der Waals surface area contributed by atoms with Gasteiger partial charge in [0.1, 0.15) is 5.82 Å². The minimum absolute atomic E-state index is 0.0362. The molecule has 2 aromatic heterocycles. The van der Waals surface area contributed by atoms with Gasteiger partial charge in [0.25, 0.3) is 6.43 Å². The number of piperazine rings is 1. The average molecular weight is 461 g/mol. The van der Waals surface area contributed by atoms with Gasteiger partial charge in [0.15, 0.2) is 5.82 Å². The van der Waals surface area contributed by atoms with E-state index in [1.165, 1.54) is 25.1 Å². The maximum absolute atomic E-state index is 13.9. The maximum Gasteiger partial charge on any atom is 0.264 e. The van der Waals surface area contributed by atoms with Gasteiger partial charge in [-0.3, -0.25) is 4.90 Å². The number of nitrogens with zero attached hydrogens (tertiary/aromatic N) is 7. The number of morpholine rings is 1. The molecule has 0 radical (unpaired) electrons. The Kier molecular flexibility index (Phi) is 5.77. The summed E-state index contributed by atoms with van der Waals surface area (Å²) in [5, 5.41) is 0. The minimum atomic E-state index is -2.73. The van der Waals surface area contributed by atoms with Crippen LogP contribution in [0.4, 0.5) is 26.5 Å². The molecule has 2 saturated heterocycles. The first-order valence-electron chi connectivity index (χ1n) is 11.5. The van der Waals surface area contributed by atoms with Crippen molar-refractivity contribution < 1.29 is 13.5 Å². The minimum Gasteiger partial charge on any atom is -0.384 e. The third kappa shape index (κ3) is 4.56. The zero-order valence-corrected chi connectivity index (χ0v) is 19.0. The van der Waals surface area contributed by atoms with Crippen LogP contribution in [-0.4, -0.2) is 82.4 Å². The second-order valence-corrected chi connectivity index (χ2v) is 9.53. The predicted molar refractivity (Wildman–Crippen MR) is 121 cm³/mol. The van der Waals surface area contributed by atoms with Crippen molar-refractivity contribution in [2.24, 2.45) is 0 Å². The molecule has 0 atom stereocenters. The normalized spacial score (nSPS) is 21.6. The highest BCUT2D eigenvalue weighted by Crippen LogP contribution is 2.33. The van der Waals surface area contributed by atoms with E-state index in [4.69, 9.17) is 15.5 Å². The van der Waals surface area contributed by atoms with Gasteiger partial charge < -0.3 is 20.3 Å². The number of hydrogen-bond donors (Lipinski definition) is 1. The number of ether oxygens (including phenoxy) is 1. The summed E-state index contributed by atoms with van der Waals surface area (Å²) in [6.07, 6.45) is 1.14. The van der Waals surface area contributed by atoms with Gasteiger partial charge in [-0.1, -0.05) is 0 Å². The van der Waals surface area contributed by atoms with Gasteiger partial charge in [0.2, 0.25) is 11.9 Å². The van der Waals surface area contributed by atoms with Gasteiger partial charge in [-0.05, 0) is 32.8 Å². The molecule has 2 N–H and O–H groups in total. The number of anilines is 3. The summed E-state index contributed by atoms with van der Waals surface area (Å²) in [4.78, 5) is 24.8. The van der Waals surface area contributed by atoms with Crippen molar-refractivity contribution in [1.82, 2.24) is 24.8 Å². The quantitative estimate of drug-likeness (QED) is 0.721. The molecule has 0 spiro atoms. The fraction of sp³-hybridized carbons (Fsp3) is 0.636. The van der Waals surface area contributed by atoms with Crippen molar-refractivity contribution in [3.63, 3.8) is 0 Å². The van der Waals surface area contributed by atoms with Crippen molar-refractivity contribution >= 4 is 17.7 Å². The first kappa shape index (κ1) is 22.1. The molecule has 0 amide bonds. The van der Waals surface area contributed by atoms with Crippen molar-refractivity contribution in [1.29, 1.82) is 0 Å². The van der Waals surface area contributed by atoms with Gasteiger partial charge in [-0.25, -0.2) is 13.8 Å². The lowest BCUT2D eigenvalue weighted by molar-refractivity contribution is 0.0634. The Hall–Kier alpha value is -2.66. The zero-order valence-electron chi connectivity index (χ0n) is 19.0. The van der Waals surface area contributed by atoms with E-state index in [2.05, 4.69) is 43.5 Å². The topological polar surface area (TPSA) is 96.5 Å². The second-order valence-electron chi connectivity index (χ2n) is 9.53. The third-order valence-corrected chi connectivity index (χ3v) is 6.59. The van der Waals surface area contributed by atoms with E-state index in [0.717, 1.165) is 26.2 Å². The van der Waals surface area contributed by atoms with E-state index < -0.39 is 6.43 Å². The molecule has 2 aromatic rings. The fourth-order valence-electron chi connectivity index (χ4n) is 4.55. The Morgan fingerprint density at radius 2 is 1.79 bits per heavy atom. The third-order valence-electron chi connectivity index (χ3n) is 6.59. The van der Waals surface area contributed by atoms with Crippen LogP contribution in [0.15, 0.2) is 12.3 Å². The van der Waals surface area contributed by atoms with Gasteiger partial charge >= 0.3 is 0 Å². The monoisotopic (exact) mass is 460 g/mol. The lowest BCUT2D eigenvalue weighted by atomic mass is 10.0. The number of halogens is 2. The van der Waals surface area contributed by atoms with E-state index in [1.54, 1.807) is 0 Å². The molecule has 178 valence electrons. The zero-order chi connectivity index (χ0) is 23.2. The Labute approximate surface area is 192 Å². The van der Waals surface area contributed by atoms with E-state index in [9.17, 15) is 8.78 Å². The lowest BCUT2D eigenvalue weighted by Crippen LogP contribution is -2.54. The summed E-state index contributed by atoms with van der Waals surface area (Å²) in [7, 11) is 0. The molecule has 0 unspecified atom stereocenters. The van der Waals surface area contributed by atoms with Gasteiger partial charge in [0.05, 0.1) is 18.8 Å². The van der Waals surface area contributed by atoms with Crippen molar-refractivity contribution in [2.75, 3.05) is 61.5 Å². The second kappa shape index (κ2) is 8.60. The standard InChI is InChI=1S/C22H30F2N8O/c1-22(2)13-33-10-9-32(22)21-28-19(16-12-26-17(25)11-15(16)18(23)24)27-20(29-21)31-7-5-30(6-8-31)14-3-4-14/h11-12,14,18H,3-10,13H2,1-2H3,(H2,25,26). The van der Waals surface area contributed by atoms with Crippen LogP contribution in [0.5, 0.6) is 0 Å². The number of nitrogens with two attached hydrogens (primary N) is 1. The Bertz CT molecular complexity index is 1010. The fourth-order valence-corrected chi connectivity index (χ4v) is 4.55. The molecule has 2 aliphatic heterocycles. The highest BCUT2D eigenvalue weighted by Gasteiger charge is 2.35. The number of alkyl halides is 2. The van der Waals surface area contributed by atoms with Crippen molar-refractivity contribution in [3.05, 3.63) is 17.8 Å². The molecule has 1 aliphatic carbocycles. The number of hydrogen-bond acceptors (Lipinski definition) is 9. The summed E-state index contributed by atoms with van der Waals surface area (Å²) in [5.41, 5.74) is 5.28. The van der Waals surface area contributed by atoms with Crippen molar-refractivity contribution in [2.45, 2.75) is 44.7 Å². The van der Waals surface area contributed by atoms with Gasteiger partial charge in [-0.2, -0.15) is 15.0 Å². The van der Waals surface area contributed by atoms with Crippen LogP contribution in [0.3, 0.4) is 0 Å². The molecule has 11 heteroatoms. The molecule has 4 heterocycles. The molecule has 3 fully saturated rings. The number of nitrogen functional groups attached to an aromatic ring is 1. The predicted octanol–water partition coefficient (Wildman–Crippen LogP) is 2.35. The molecular weight excluding hydrogens is 430 g/mol. The van der Waals surface area contributed by atoms with E-state index in [0.29, 0.717) is 37.7 Å². The molecule has 3 aliphatic rings.